The molecule has 5 heterocycles. The van der Waals surface area contributed by atoms with Crippen molar-refractivity contribution in [2.45, 2.75) is 57.7 Å². The minimum absolute atomic E-state index is 0.0306. The van der Waals surface area contributed by atoms with Gasteiger partial charge in [0.05, 0.1) is 19.9 Å². The molecule has 272 valence electrons. The van der Waals surface area contributed by atoms with Gasteiger partial charge in [-0.15, -0.1) is 0 Å². The molecule has 10 nitrogen and oxygen atoms in total. The van der Waals surface area contributed by atoms with Crippen LogP contribution in [0.4, 0.5) is 20.2 Å². The summed E-state index contributed by atoms with van der Waals surface area (Å²) in [5.41, 5.74) is 8.06. The molecule has 1 unspecified atom stereocenters. The number of hydrogen-bond donors (Lipinski definition) is 1. The van der Waals surface area contributed by atoms with Gasteiger partial charge in [0.1, 0.15) is 11.8 Å². The fourth-order valence-electron chi connectivity index (χ4n) is 7.96. The first kappa shape index (κ1) is 34.5. The molecule has 0 spiro atoms. The molecule has 12 heteroatoms. The fraction of sp³-hybridized carbons (Fsp3) is 0.317. The lowest BCUT2D eigenvalue weighted by molar-refractivity contribution is -0.151. The third-order valence-corrected chi connectivity index (χ3v) is 10.7. The van der Waals surface area contributed by atoms with Crippen LogP contribution in [0.25, 0.3) is 22.3 Å². The van der Waals surface area contributed by atoms with Crippen molar-refractivity contribution in [3.63, 3.8) is 0 Å². The lowest BCUT2D eigenvalue weighted by Crippen LogP contribution is -2.47. The molecule has 0 radical (unpaired) electrons. The highest BCUT2D eigenvalue weighted by atomic mass is 19.3. The monoisotopic (exact) mass is 718 g/mol. The second-order valence-corrected chi connectivity index (χ2v) is 14.0. The lowest BCUT2D eigenvalue weighted by atomic mass is 9.90. The van der Waals surface area contributed by atoms with E-state index in [0.29, 0.717) is 35.5 Å². The highest BCUT2D eigenvalue weighted by Gasteiger charge is 2.36. The van der Waals surface area contributed by atoms with Crippen molar-refractivity contribution in [1.82, 2.24) is 24.6 Å². The third-order valence-electron chi connectivity index (χ3n) is 10.7. The molecule has 3 aliphatic rings. The number of hydrogen-bond acceptors (Lipinski definition) is 7. The van der Waals surface area contributed by atoms with Gasteiger partial charge in [-0.05, 0) is 108 Å². The number of amides is 2. The van der Waals surface area contributed by atoms with Gasteiger partial charge in [-0.3, -0.25) is 24.0 Å². The van der Waals surface area contributed by atoms with Gasteiger partial charge in [-0.2, -0.15) is 5.10 Å². The van der Waals surface area contributed by atoms with Crippen molar-refractivity contribution in [3.8, 4) is 28.0 Å². The van der Waals surface area contributed by atoms with Gasteiger partial charge in [0, 0.05) is 67.5 Å². The Kier molecular flexibility index (Phi) is 9.15. The summed E-state index contributed by atoms with van der Waals surface area (Å²) in [7, 11) is 3.34. The first-order valence-corrected chi connectivity index (χ1v) is 18.0. The predicted octanol–water partition coefficient (Wildman–Crippen LogP) is 6.48. The molecular formula is C41H40F2N6O4. The number of carbonyl (C=O) groups excluding carboxylic acids is 2. The molecule has 8 rings (SSSR count). The SMILES string of the molecule is COc1ccc(CN2C(=O)CCC(n3ccc(-c4cc5c(c(N6CCCc7cc(-c8cnn(C)c8)c(C(F)F)cc76)c4)CNCC5)cc3=O)C2=O)cc1. The van der Waals surface area contributed by atoms with Crippen LogP contribution in [-0.4, -0.2) is 51.3 Å². The molecule has 1 fully saturated rings. The minimum Gasteiger partial charge on any atom is -0.497 e. The number of imide groups is 1. The molecule has 0 bridgehead atoms. The zero-order valence-corrected chi connectivity index (χ0v) is 29.6. The predicted molar refractivity (Wildman–Crippen MR) is 197 cm³/mol. The van der Waals surface area contributed by atoms with Crippen molar-refractivity contribution in [3.05, 3.63) is 117 Å². The number of ether oxygens (including phenoxy) is 1. The van der Waals surface area contributed by atoms with Crippen LogP contribution in [-0.2, 0) is 42.6 Å². The molecule has 3 aliphatic heterocycles. The van der Waals surface area contributed by atoms with E-state index >= 15 is 0 Å². The number of nitrogens with one attached hydrogen (secondary N) is 1. The first-order chi connectivity index (χ1) is 25.7. The van der Waals surface area contributed by atoms with Gasteiger partial charge >= 0.3 is 0 Å². The van der Waals surface area contributed by atoms with Gasteiger partial charge < -0.3 is 19.5 Å². The van der Waals surface area contributed by atoms with Crippen molar-refractivity contribution in [2.75, 3.05) is 25.1 Å². The number of fused-ring (bicyclic) bond motifs is 2. The largest absolute Gasteiger partial charge is 0.497 e. The Morgan fingerprint density at radius 2 is 1.75 bits per heavy atom. The van der Waals surface area contributed by atoms with Gasteiger partial charge in [-0.25, -0.2) is 8.78 Å². The van der Waals surface area contributed by atoms with Crippen LogP contribution in [0.2, 0.25) is 0 Å². The van der Waals surface area contributed by atoms with Crippen molar-refractivity contribution < 1.29 is 23.1 Å². The molecule has 1 N–H and O–H groups in total. The summed E-state index contributed by atoms with van der Waals surface area (Å²) >= 11 is 0. The fourth-order valence-corrected chi connectivity index (χ4v) is 7.96. The Labute approximate surface area is 305 Å². The quantitative estimate of drug-likeness (QED) is 0.183. The average Bonchev–Trinajstić information content (AvgIpc) is 3.61. The Morgan fingerprint density at radius 1 is 0.925 bits per heavy atom. The van der Waals surface area contributed by atoms with E-state index in [-0.39, 0.29) is 36.4 Å². The number of piperidine rings is 1. The van der Waals surface area contributed by atoms with E-state index in [9.17, 15) is 23.2 Å². The average molecular weight is 719 g/mol. The van der Waals surface area contributed by atoms with E-state index in [0.717, 1.165) is 65.0 Å². The van der Waals surface area contributed by atoms with Crippen LogP contribution in [0.3, 0.4) is 0 Å². The summed E-state index contributed by atoms with van der Waals surface area (Å²) in [4.78, 5) is 43.7. The number of benzene rings is 3. The van der Waals surface area contributed by atoms with Gasteiger partial charge in [0.2, 0.25) is 5.91 Å². The lowest BCUT2D eigenvalue weighted by Gasteiger charge is -2.36. The Bertz CT molecular complexity index is 2280. The Balaban J connectivity index is 1.13. The van der Waals surface area contributed by atoms with E-state index in [1.807, 2.05) is 24.3 Å². The standard InChI is InChI=1S/C41H40F2N6O4/c1-46-24-30(21-45-46)32-17-28-4-3-14-47(36(28)20-33(32)40(42)43)37-18-29(16-27-11-13-44-22-34(27)37)26-12-15-48(39(51)19-26)35-9-10-38(50)49(41(35)52)23-25-5-7-31(53-2)8-6-25/h5-8,12,15-21,24,35,40,44H,3-4,9-11,13-14,22-23H2,1-2H3. The number of alkyl halides is 2. The molecule has 2 aromatic heterocycles. The van der Waals surface area contributed by atoms with Crippen molar-refractivity contribution in [2.24, 2.45) is 7.05 Å². The number of nitrogens with zero attached hydrogens (tertiary/aromatic N) is 5. The zero-order valence-electron chi connectivity index (χ0n) is 29.6. The second-order valence-electron chi connectivity index (χ2n) is 14.0. The van der Waals surface area contributed by atoms with Crippen molar-refractivity contribution in [1.29, 1.82) is 0 Å². The second kappa shape index (κ2) is 14.1. The van der Waals surface area contributed by atoms with Gasteiger partial charge in [-0.1, -0.05) is 18.2 Å². The van der Waals surface area contributed by atoms with Crippen molar-refractivity contribution >= 4 is 23.2 Å². The molecule has 1 saturated heterocycles. The number of likely N-dealkylation sites (tertiary alicyclic amines) is 1. The van der Waals surface area contributed by atoms with Crippen LogP contribution in [0.1, 0.15) is 59.5 Å². The highest BCUT2D eigenvalue weighted by molar-refractivity contribution is 5.99. The molecule has 0 saturated carbocycles. The number of carbonyl (C=O) groups is 2. The summed E-state index contributed by atoms with van der Waals surface area (Å²) in [5, 5.41) is 7.69. The maximum absolute atomic E-state index is 14.6. The molecule has 0 aliphatic carbocycles. The topological polar surface area (TPSA) is 102 Å². The maximum Gasteiger partial charge on any atom is 0.264 e. The van der Waals surface area contributed by atoms with Crippen LogP contribution in [0, 0.1) is 0 Å². The Morgan fingerprint density at radius 3 is 2.49 bits per heavy atom. The van der Waals surface area contributed by atoms with Gasteiger partial charge in [0.25, 0.3) is 17.9 Å². The Hall–Kier alpha value is -5.62. The molecule has 5 aromatic rings. The molecular weight excluding hydrogens is 678 g/mol. The van der Waals surface area contributed by atoms with E-state index < -0.39 is 18.4 Å². The molecule has 1 atom stereocenters. The number of aryl methyl sites for hydroxylation is 2. The summed E-state index contributed by atoms with van der Waals surface area (Å²) in [5.74, 6) is -0.000503. The minimum atomic E-state index is -2.67. The smallest absolute Gasteiger partial charge is 0.264 e. The third kappa shape index (κ3) is 6.52. The summed E-state index contributed by atoms with van der Waals surface area (Å²) in [6.45, 7) is 2.22. The maximum atomic E-state index is 14.6. The van der Waals surface area contributed by atoms with E-state index in [1.54, 1.807) is 61.7 Å². The van der Waals surface area contributed by atoms with Crippen LogP contribution < -0.4 is 20.5 Å². The van der Waals surface area contributed by atoms with Crippen LogP contribution in [0.5, 0.6) is 5.75 Å². The number of halogens is 2. The van der Waals surface area contributed by atoms with E-state index in [4.69, 9.17) is 4.74 Å². The van der Waals surface area contributed by atoms with Gasteiger partial charge in [0.15, 0.2) is 0 Å². The number of rotatable bonds is 8. The molecule has 53 heavy (non-hydrogen) atoms. The zero-order chi connectivity index (χ0) is 36.8. The normalized spacial score (nSPS) is 17.3. The van der Waals surface area contributed by atoms with E-state index in [2.05, 4.69) is 27.4 Å². The number of anilines is 2. The summed E-state index contributed by atoms with van der Waals surface area (Å²) in [6, 6.07) is 17.5. The number of pyridine rings is 1. The van der Waals surface area contributed by atoms with E-state index in [1.165, 1.54) is 9.47 Å². The summed E-state index contributed by atoms with van der Waals surface area (Å²) < 4.78 is 37.5. The molecule has 3 aromatic carbocycles. The molecule has 2 amide bonds. The first-order valence-electron chi connectivity index (χ1n) is 18.0. The number of methoxy groups -OCH3 is 1. The number of aromatic nitrogens is 3. The van der Waals surface area contributed by atoms with Crippen LogP contribution >= 0.6 is 0 Å². The highest BCUT2D eigenvalue weighted by Crippen LogP contribution is 2.44. The summed E-state index contributed by atoms with van der Waals surface area (Å²) in [6.07, 6.45) is 5.15. The van der Waals surface area contributed by atoms with Crippen LogP contribution in [0.15, 0.2) is 84.0 Å².